The van der Waals surface area contributed by atoms with Gasteiger partial charge in [-0.15, -0.1) is 0 Å². The number of aromatic nitrogens is 3. The molecule has 2 rings (SSSR count). The number of carboxylic acid groups (broad SMARTS) is 1. The van der Waals surface area contributed by atoms with E-state index in [0.717, 1.165) is 0 Å². The fourth-order valence-corrected chi connectivity index (χ4v) is 2.42. The quantitative estimate of drug-likeness (QED) is 0.650. The highest BCUT2D eigenvalue weighted by molar-refractivity contribution is 5.92. The molecule has 0 saturated heterocycles. The highest BCUT2D eigenvalue weighted by atomic mass is 16.5. The van der Waals surface area contributed by atoms with Gasteiger partial charge in [-0.1, -0.05) is 13.0 Å². The zero-order chi connectivity index (χ0) is 18.9. The summed E-state index contributed by atoms with van der Waals surface area (Å²) in [6.07, 6.45) is 4.00. The molecular weight excluding hydrogens is 336 g/mol. The molecule has 0 saturated carbocycles. The lowest BCUT2D eigenvalue weighted by atomic mass is 10.1. The highest BCUT2D eigenvalue weighted by Gasteiger charge is 2.22. The number of nitrogens with zero attached hydrogens (tertiary/aromatic N) is 4. The molecule has 2 aromatic rings. The largest absolute Gasteiger partial charge is 0.481 e. The molecule has 0 aromatic carbocycles. The van der Waals surface area contributed by atoms with E-state index < -0.39 is 11.9 Å². The summed E-state index contributed by atoms with van der Waals surface area (Å²) < 4.78 is 6.87. The van der Waals surface area contributed by atoms with Gasteiger partial charge in [0, 0.05) is 38.7 Å². The van der Waals surface area contributed by atoms with E-state index in [1.165, 1.54) is 4.90 Å². The van der Waals surface area contributed by atoms with Gasteiger partial charge in [-0.3, -0.25) is 9.59 Å². The fraction of sp³-hybridized carbons (Fsp3) is 0.444. The number of amides is 1. The fourth-order valence-electron chi connectivity index (χ4n) is 2.42. The summed E-state index contributed by atoms with van der Waals surface area (Å²) in [6.45, 7) is 5.13. The first kappa shape index (κ1) is 19.6. The van der Waals surface area contributed by atoms with Crippen LogP contribution in [-0.4, -0.2) is 63.0 Å². The summed E-state index contributed by atoms with van der Waals surface area (Å²) in [5.41, 5.74) is 0.256. The minimum atomic E-state index is -0.939. The zero-order valence-corrected chi connectivity index (χ0v) is 15.0. The molecule has 0 radical (unpaired) electrons. The van der Waals surface area contributed by atoms with Crippen LogP contribution in [0.5, 0.6) is 0 Å². The summed E-state index contributed by atoms with van der Waals surface area (Å²) >= 11 is 0. The smallest absolute Gasteiger partial charge is 0.308 e. The van der Waals surface area contributed by atoms with Crippen molar-refractivity contribution in [3.8, 4) is 5.82 Å². The maximum absolute atomic E-state index is 12.9. The third kappa shape index (κ3) is 5.38. The normalized spacial score (nSPS) is 11.9. The van der Waals surface area contributed by atoms with E-state index in [4.69, 9.17) is 4.74 Å². The maximum atomic E-state index is 12.9. The third-order valence-electron chi connectivity index (χ3n) is 3.82. The van der Waals surface area contributed by atoms with Crippen LogP contribution in [0.4, 0.5) is 0 Å². The van der Waals surface area contributed by atoms with Crippen molar-refractivity contribution >= 4 is 11.9 Å². The number of hydrogen-bond acceptors (Lipinski definition) is 5. The minimum absolute atomic E-state index is 0.119. The minimum Gasteiger partial charge on any atom is -0.481 e. The molecule has 1 atom stereocenters. The van der Waals surface area contributed by atoms with Gasteiger partial charge in [-0.2, -0.15) is 5.10 Å². The van der Waals surface area contributed by atoms with Crippen molar-refractivity contribution in [2.45, 2.75) is 20.3 Å². The van der Waals surface area contributed by atoms with Gasteiger partial charge in [0.25, 0.3) is 5.91 Å². The van der Waals surface area contributed by atoms with Crippen molar-refractivity contribution in [3.63, 3.8) is 0 Å². The molecule has 0 fully saturated rings. The Labute approximate surface area is 152 Å². The number of carboxylic acids is 1. The van der Waals surface area contributed by atoms with Gasteiger partial charge in [0.05, 0.1) is 5.92 Å². The molecule has 140 valence electrons. The predicted molar refractivity (Wildman–Crippen MR) is 95.2 cm³/mol. The lowest BCUT2D eigenvalue weighted by molar-refractivity contribution is -0.141. The molecule has 1 unspecified atom stereocenters. The average molecular weight is 360 g/mol. The number of ether oxygens (including phenoxy) is 1. The number of hydrogen-bond donors (Lipinski definition) is 1. The van der Waals surface area contributed by atoms with Crippen LogP contribution in [-0.2, 0) is 9.53 Å². The van der Waals surface area contributed by atoms with Crippen LogP contribution in [0.3, 0.4) is 0 Å². The van der Waals surface area contributed by atoms with Gasteiger partial charge in [-0.05, 0) is 31.5 Å². The van der Waals surface area contributed by atoms with Crippen LogP contribution >= 0.6 is 0 Å². The monoisotopic (exact) mass is 360 g/mol. The predicted octanol–water partition coefficient (Wildman–Crippen LogP) is 1.86. The van der Waals surface area contributed by atoms with Gasteiger partial charge in [0.1, 0.15) is 5.69 Å². The van der Waals surface area contributed by atoms with E-state index in [1.807, 2.05) is 6.92 Å². The molecule has 1 N–H and O–H groups in total. The van der Waals surface area contributed by atoms with Crippen LogP contribution in [0, 0.1) is 5.92 Å². The summed E-state index contributed by atoms with van der Waals surface area (Å²) in [5.74, 6) is -1.38. The summed E-state index contributed by atoms with van der Waals surface area (Å²) in [5, 5.41) is 13.3. The molecular formula is C18H24N4O4. The van der Waals surface area contributed by atoms with Crippen LogP contribution < -0.4 is 0 Å². The SMILES string of the molecule is CCOCCCN(CC(C)C(=O)O)C(=O)c1cccc(-n2cccn2)n1. The first-order valence-corrected chi connectivity index (χ1v) is 8.59. The molecule has 8 heteroatoms. The lowest BCUT2D eigenvalue weighted by Crippen LogP contribution is -2.38. The van der Waals surface area contributed by atoms with Gasteiger partial charge in [0.2, 0.25) is 0 Å². The van der Waals surface area contributed by atoms with Crippen LogP contribution in [0.15, 0.2) is 36.7 Å². The topological polar surface area (TPSA) is 97.6 Å². The van der Waals surface area contributed by atoms with Crippen LogP contribution in [0.1, 0.15) is 30.8 Å². The van der Waals surface area contributed by atoms with Crippen molar-refractivity contribution < 1.29 is 19.4 Å². The molecule has 0 aliphatic carbocycles. The molecule has 0 aliphatic rings. The Kier molecular flexibility index (Phi) is 7.28. The van der Waals surface area contributed by atoms with Crippen molar-refractivity contribution in [2.24, 2.45) is 5.92 Å². The number of rotatable bonds is 10. The molecule has 2 heterocycles. The Balaban J connectivity index is 2.15. The lowest BCUT2D eigenvalue weighted by Gasteiger charge is -2.24. The summed E-state index contributed by atoms with van der Waals surface area (Å²) in [4.78, 5) is 30.0. The number of carbonyl (C=O) groups is 2. The van der Waals surface area contributed by atoms with E-state index in [2.05, 4.69) is 10.1 Å². The van der Waals surface area contributed by atoms with E-state index >= 15 is 0 Å². The van der Waals surface area contributed by atoms with E-state index in [0.29, 0.717) is 32.0 Å². The molecule has 26 heavy (non-hydrogen) atoms. The second-order valence-corrected chi connectivity index (χ2v) is 5.87. The van der Waals surface area contributed by atoms with Gasteiger partial charge in [-0.25, -0.2) is 9.67 Å². The highest BCUT2D eigenvalue weighted by Crippen LogP contribution is 2.10. The van der Waals surface area contributed by atoms with Crippen molar-refractivity contribution in [2.75, 3.05) is 26.3 Å². The summed E-state index contributed by atoms with van der Waals surface area (Å²) in [6, 6.07) is 6.88. The Hall–Kier alpha value is -2.74. The summed E-state index contributed by atoms with van der Waals surface area (Å²) in [7, 11) is 0. The Morgan fingerprint density at radius 2 is 2.15 bits per heavy atom. The number of carbonyl (C=O) groups excluding carboxylic acids is 1. The molecule has 0 aliphatic heterocycles. The van der Waals surface area contributed by atoms with E-state index in [9.17, 15) is 14.7 Å². The first-order chi connectivity index (χ1) is 12.5. The van der Waals surface area contributed by atoms with Crippen LogP contribution in [0.25, 0.3) is 5.82 Å². The Morgan fingerprint density at radius 3 is 2.81 bits per heavy atom. The van der Waals surface area contributed by atoms with Crippen molar-refractivity contribution in [1.29, 1.82) is 0 Å². The van der Waals surface area contributed by atoms with Crippen molar-refractivity contribution in [1.82, 2.24) is 19.7 Å². The number of pyridine rings is 1. The average Bonchev–Trinajstić information content (AvgIpc) is 3.18. The van der Waals surface area contributed by atoms with Gasteiger partial charge in [0.15, 0.2) is 5.82 Å². The molecule has 0 spiro atoms. The molecule has 2 aromatic heterocycles. The number of aliphatic carboxylic acids is 1. The molecule has 1 amide bonds. The van der Waals surface area contributed by atoms with E-state index in [1.54, 1.807) is 48.3 Å². The molecule has 0 bridgehead atoms. The Morgan fingerprint density at radius 1 is 1.35 bits per heavy atom. The van der Waals surface area contributed by atoms with Crippen LogP contribution in [0.2, 0.25) is 0 Å². The van der Waals surface area contributed by atoms with E-state index in [-0.39, 0.29) is 18.1 Å². The zero-order valence-electron chi connectivity index (χ0n) is 15.0. The second kappa shape index (κ2) is 9.67. The Bertz CT molecular complexity index is 718. The van der Waals surface area contributed by atoms with Gasteiger partial charge >= 0.3 is 5.97 Å². The molecule has 8 nitrogen and oxygen atoms in total. The third-order valence-corrected chi connectivity index (χ3v) is 3.82. The standard InChI is InChI=1S/C18H24N4O4/c1-3-26-12-6-10-21(13-14(2)18(24)25)17(23)15-7-4-8-16(20-15)22-11-5-9-19-22/h4-5,7-9,11,14H,3,6,10,12-13H2,1-2H3,(H,24,25). The second-order valence-electron chi connectivity index (χ2n) is 5.87. The first-order valence-electron chi connectivity index (χ1n) is 8.59. The van der Waals surface area contributed by atoms with Gasteiger partial charge < -0.3 is 14.7 Å². The van der Waals surface area contributed by atoms with Crippen molar-refractivity contribution in [3.05, 3.63) is 42.4 Å². The maximum Gasteiger partial charge on any atom is 0.308 e.